The van der Waals surface area contributed by atoms with Crippen molar-refractivity contribution in [2.45, 2.75) is 6.10 Å². The van der Waals surface area contributed by atoms with Crippen molar-refractivity contribution in [1.29, 1.82) is 0 Å². The van der Waals surface area contributed by atoms with E-state index in [0.717, 1.165) is 23.4 Å². The number of rotatable bonds is 6. The van der Waals surface area contributed by atoms with E-state index in [9.17, 15) is 5.11 Å². The van der Waals surface area contributed by atoms with Crippen LogP contribution in [0.25, 0.3) is 0 Å². The molecule has 3 nitrogen and oxygen atoms in total. The molecule has 4 heteroatoms. The van der Waals surface area contributed by atoms with Gasteiger partial charge in [0.25, 0.3) is 0 Å². The Morgan fingerprint density at radius 1 is 1.00 bits per heavy atom. The molecule has 1 N–H and O–H groups in total. The highest BCUT2D eigenvalue weighted by atomic mass is 35.5. The fraction of sp³-hybridized carbons (Fsp3) is 0.294. The van der Waals surface area contributed by atoms with Gasteiger partial charge in [0, 0.05) is 11.6 Å². The number of aliphatic hydroxyl groups is 1. The number of benzene rings is 2. The lowest BCUT2D eigenvalue weighted by atomic mass is 10.0. The first-order chi connectivity index (χ1) is 10.1. The van der Waals surface area contributed by atoms with Gasteiger partial charge in [-0.15, -0.1) is 0 Å². The molecule has 0 aliphatic carbocycles. The summed E-state index contributed by atoms with van der Waals surface area (Å²) in [5.74, 6) is 0.809. The molecule has 0 fully saturated rings. The van der Waals surface area contributed by atoms with E-state index in [4.69, 9.17) is 16.3 Å². The number of halogens is 1. The zero-order chi connectivity index (χ0) is 15.2. The lowest BCUT2D eigenvalue weighted by Gasteiger charge is -2.14. The summed E-state index contributed by atoms with van der Waals surface area (Å²) in [7, 11) is 4.02. The molecule has 0 heterocycles. The Labute approximate surface area is 130 Å². The summed E-state index contributed by atoms with van der Waals surface area (Å²) in [6, 6.07) is 14.7. The third-order valence-electron chi connectivity index (χ3n) is 3.19. The Kier molecular flexibility index (Phi) is 5.62. The molecular formula is C17H20ClNO2. The largest absolute Gasteiger partial charge is 0.492 e. The summed E-state index contributed by atoms with van der Waals surface area (Å²) >= 11 is 5.85. The minimum absolute atomic E-state index is 0.645. The van der Waals surface area contributed by atoms with Crippen LogP contribution >= 0.6 is 11.6 Å². The Bertz CT molecular complexity index is 552. The molecule has 1 atom stereocenters. The van der Waals surface area contributed by atoms with E-state index in [1.807, 2.05) is 50.5 Å². The summed E-state index contributed by atoms with van der Waals surface area (Å²) in [5.41, 5.74) is 1.65. The van der Waals surface area contributed by atoms with Crippen LogP contribution in [0.4, 0.5) is 0 Å². The highest BCUT2D eigenvalue weighted by Crippen LogP contribution is 2.25. The maximum Gasteiger partial charge on any atom is 0.119 e. The Hall–Kier alpha value is -1.55. The first kappa shape index (κ1) is 15.8. The molecule has 0 saturated heterocycles. The first-order valence-electron chi connectivity index (χ1n) is 6.87. The molecule has 2 aromatic rings. The van der Waals surface area contributed by atoms with Crippen LogP contribution in [0.2, 0.25) is 5.02 Å². The van der Waals surface area contributed by atoms with E-state index < -0.39 is 6.10 Å². The topological polar surface area (TPSA) is 32.7 Å². The monoisotopic (exact) mass is 305 g/mol. The molecule has 0 radical (unpaired) electrons. The van der Waals surface area contributed by atoms with Crippen molar-refractivity contribution in [3.8, 4) is 5.75 Å². The van der Waals surface area contributed by atoms with Crippen LogP contribution in [-0.2, 0) is 0 Å². The normalized spacial score (nSPS) is 12.4. The average Bonchev–Trinajstić information content (AvgIpc) is 2.48. The number of hydrogen-bond donors (Lipinski definition) is 1. The van der Waals surface area contributed by atoms with Crippen molar-refractivity contribution in [3.63, 3.8) is 0 Å². The third kappa shape index (κ3) is 4.74. The summed E-state index contributed by atoms with van der Waals surface area (Å²) in [5, 5.41) is 11.0. The van der Waals surface area contributed by atoms with Gasteiger partial charge in [0.15, 0.2) is 0 Å². The molecule has 2 rings (SSSR count). The summed E-state index contributed by atoms with van der Waals surface area (Å²) in [4.78, 5) is 2.07. The van der Waals surface area contributed by atoms with E-state index >= 15 is 0 Å². The van der Waals surface area contributed by atoms with Crippen LogP contribution in [0, 0.1) is 0 Å². The molecule has 112 valence electrons. The Morgan fingerprint density at radius 2 is 1.52 bits per heavy atom. The standard InChI is InChI=1S/C17H20ClNO2/c1-19(2)11-12-21-16-9-5-14(6-10-16)17(20)13-3-7-15(18)8-4-13/h3-10,17,20H,11-12H2,1-2H3/t17-/m1/s1. The van der Waals surface area contributed by atoms with Crippen LogP contribution in [0.1, 0.15) is 17.2 Å². The predicted octanol–water partition coefficient (Wildman–Crippen LogP) is 3.36. The molecule has 0 bridgehead atoms. The number of hydrogen-bond acceptors (Lipinski definition) is 3. The van der Waals surface area contributed by atoms with E-state index in [-0.39, 0.29) is 0 Å². The number of likely N-dealkylation sites (N-methyl/N-ethyl adjacent to an activating group) is 1. The van der Waals surface area contributed by atoms with E-state index in [2.05, 4.69) is 4.90 Å². The van der Waals surface area contributed by atoms with Gasteiger partial charge in [-0.2, -0.15) is 0 Å². The maximum absolute atomic E-state index is 10.3. The van der Waals surface area contributed by atoms with Crippen LogP contribution in [0.3, 0.4) is 0 Å². The first-order valence-corrected chi connectivity index (χ1v) is 7.25. The van der Waals surface area contributed by atoms with Gasteiger partial charge in [-0.25, -0.2) is 0 Å². The minimum Gasteiger partial charge on any atom is -0.492 e. The second kappa shape index (κ2) is 7.46. The summed E-state index contributed by atoms with van der Waals surface area (Å²) in [6.07, 6.45) is -0.655. The van der Waals surface area contributed by atoms with Gasteiger partial charge in [0.1, 0.15) is 18.5 Å². The van der Waals surface area contributed by atoms with Crippen LogP contribution in [0.15, 0.2) is 48.5 Å². The maximum atomic E-state index is 10.3. The van der Waals surface area contributed by atoms with Gasteiger partial charge in [0.2, 0.25) is 0 Å². The average molecular weight is 306 g/mol. The van der Waals surface area contributed by atoms with Gasteiger partial charge in [0.05, 0.1) is 0 Å². The molecule has 0 aliphatic rings. The fourth-order valence-corrected chi connectivity index (χ4v) is 2.06. The molecule has 2 aromatic carbocycles. The smallest absolute Gasteiger partial charge is 0.119 e. The predicted molar refractivity (Wildman–Crippen MR) is 86.0 cm³/mol. The second-order valence-corrected chi connectivity index (χ2v) is 5.61. The van der Waals surface area contributed by atoms with E-state index in [1.165, 1.54) is 0 Å². The third-order valence-corrected chi connectivity index (χ3v) is 3.44. The van der Waals surface area contributed by atoms with Crippen molar-refractivity contribution in [1.82, 2.24) is 4.90 Å². The van der Waals surface area contributed by atoms with Crippen molar-refractivity contribution >= 4 is 11.6 Å². The van der Waals surface area contributed by atoms with Gasteiger partial charge in [-0.1, -0.05) is 35.9 Å². The Balaban J connectivity index is 1.99. The van der Waals surface area contributed by atoms with Gasteiger partial charge < -0.3 is 14.7 Å². The van der Waals surface area contributed by atoms with Crippen molar-refractivity contribution in [2.75, 3.05) is 27.2 Å². The zero-order valence-electron chi connectivity index (χ0n) is 12.3. The molecule has 0 amide bonds. The molecule has 0 spiro atoms. The molecule has 0 unspecified atom stereocenters. The van der Waals surface area contributed by atoms with Gasteiger partial charge >= 0.3 is 0 Å². The highest BCUT2D eigenvalue weighted by Gasteiger charge is 2.10. The van der Waals surface area contributed by atoms with Crippen molar-refractivity contribution in [2.24, 2.45) is 0 Å². The second-order valence-electron chi connectivity index (χ2n) is 5.17. The van der Waals surface area contributed by atoms with Crippen LogP contribution < -0.4 is 4.74 Å². The summed E-state index contributed by atoms with van der Waals surface area (Å²) < 4.78 is 5.63. The fourth-order valence-electron chi connectivity index (χ4n) is 1.93. The van der Waals surface area contributed by atoms with Crippen molar-refractivity contribution < 1.29 is 9.84 Å². The summed E-state index contributed by atoms with van der Waals surface area (Å²) in [6.45, 7) is 1.52. The molecular weight excluding hydrogens is 286 g/mol. The zero-order valence-corrected chi connectivity index (χ0v) is 13.0. The molecule has 0 aromatic heterocycles. The van der Waals surface area contributed by atoms with Gasteiger partial charge in [-0.3, -0.25) is 0 Å². The molecule has 0 saturated carbocycles. The van der Waals surface area contributed by atoms with E-state index in [0.29, 0.717) is 11.6 Å². The highest BCUT2D eigenvalue weighted by molar-refractivity contribution is 6.30. The molecule has 21 heavy (non-hydrogen) atoms. The van der Waals surface area contributed by atoms with E-state index in [1.54, 1.807) is 12.1 Å². The number of nitrogens with zero attached hydrogens (tertiary/aromatic N) is 1. The number of aliphatic hydroxyl groups excluding tert-OH is 1. The minimum atomic E-state index is -0.655. The lowest BCUT2D eigenvalue weighted by Crippen LogP contribution is -2.19. The van der Waals surface area contributed by atoms with Gasteiger partial charge in [-0.05, 0) is 49.5 Å². The van der Waals surface area contributed by atoms with Crippen molar-refractivity contribution in [3.05, 3.63) is 64.7 Å². The quantitative estimate of drug-likeness (QED) is 0.888. The Morgan fingerprint density at radius 3 is 2.05 bits per heavy atom. The van der Waals surface area contributed by atoms with Crippen LogP contribution in [0.5, 0.6) is 5.75 Å². The lowest BCUT2D eigenvalue weighted by molar-refractivity contribution is 0.220. The molecule has 0 aliphatic heterocycles. The van der Waals surface area contributed by atoms with Crippen LogP contribution in [-0.4, -0.2) is 37.3 Å². The SMILES string of the molecule is CN(C)CCOc1ccc([C@H](O)c2ccc(Cl)cc2)cc1. The number of ether oxygens (including phenoxy) is 1.